The lowest BCUT2D eigenvalue weighted by Crippen LogP contribution is -2.66. The molecule has 9 rings (SSSR count). The van der Waals surface area contributed by atoms with Gasteiger partial charge in [0.05, 0.1) is 29.3 Å². The van der Waals surface area contributed by atoms with Crippen molar-refractivity contribution in [2.45, 2.75) is 184 Å². The molecule has 0 aromatic heterocycles. The van der Waals surface area contributed by atoms with Gasteiger partial charge in [-0.25, -0.2) is 22.4 Å². The molecular weight excluding hydrogens is 1420 g/mol. The quantitative estimate of drug-likeness (QED) is 0.0127. The summed E-state index contributed by atoms with van der Waals surface area (Å²) >= 11 is 0. The predicted molar refractivity (Wildman–Crippen MR) is 421 cm³/mol. The minimum Gasteiger partial charge on any atom is -0.465 e. The maximum atomic E-state index is 17.1. The summed E-state index contributed by atoms with van der Waals surface area (Å²) in [6.07, 6.45) is -0.719. The predicted octanol–water partition coefficient (Wildman–Crippen LogP) is 11.6. The van der Waals surface area contributed by atoms with Crippen LogP contribution in [0.15, 0.2) is 121 Å². The van der Waals surface area contributed by atoms with Gasteiger partial charge in [0.15, 0.2) is 0 Å². The molecule has 3 aliphatic rings. The molecule has 13 N–H and O–H groups in total. The van der Waals surface area contributed by atoms with E-state index in [4.69, 9.17) is 17.2 Å². The highest BCUT2D eigenvalue weighted by molar-refractivity contribution is 5.95. The van der Waals surface area contributed by atoms with Gasteiger partial charge in [-0.05, 0) is 220 Å². The smallest absolute Gasteiger partial charge is 0.408 e. The van der Waals surface area contributed by atoms with Crippen LogP contribution in [0.1, 0.15) is 169 Å². The number of hydrogen-bond acceptors (Lipinski definition) is 13. The Labute approximate surface area is 650 Å². The minimum absolute atomic E-state index is 0.0191. The first kappa shape index (κ1) is 86.4. The van der Waals surface area contributed by atoms with Gasteiger partial charge in [-0.1, -0.05) is 109 Å². The van der Waals surface area contributed by atoms with Crippen molar-refractivity contribution >= 4 is 35.6 Å². The number of piperidine rings is 3. The number of nitrogens with one attached hydrogen (secondary N) is 2. The van der Waals surface area contributed by atoms with E-state index in [-0.39, 0.29) is 154 Å². The largest absolute Gasteiger partial charge is 0.465 e. The lowest BCUT2D eigenvalue weighted by Gasteiger charge is -2.47. The average Bonchev–Trinajstić information content (AvgIpc) is 0.762. The Morgan fingerprint density at radius 3 is 1.46 bits per heavy atom. The summed E-state index contributed by atoms with van der Waals surface area (Å²) in [6, 6.07) is 30.5. The molecule has 111 heavy (non-hydrogen) atoms. The van der Waals surface area contributed by atoms with Gasteiger partial charge in [0.1, 0.15) is 28.8 Å². The van der Waals surface area contributed by atoms with Gasteiger partial charge < -0.3 is 68.1 Å². The standard InChI is InChI=1S/C87H115F4N9O11/c1-6-59-21-8-23-61(52-59)79-68(28-10-32-73(79)90)87(111,64-26-17-48-99(55-64)77(104)39-37-65(92)56-101)43-19-49-100(83(107)108)84(82(94)106,40-18-42-86(110,63-25-16-47-98(54-63)76(103)35-14-45-96-5)67-27-9-31-72(89)78(67)60-22-7-20-57(2)50-60)70(81(93)105)30-12-41-85(109,62-24-15-46-97(53-62)75(102)34-13-44-95-4)69-29-11-33-74(91)80(69)66-51-58(3)36-38-71(66)88/h7-11,20-23,27-29,31-33,36,38,50-52,62-65,70,95-96,101,109-111H,6,12-19,24-26,30,34-35,37,39-49,53-56,92H2,1-5H3,(H2,93,105)(H2,94,106)(H,107,108). The molecule has 0 spiro atoms. The Morgan fingerprint density at radius 2 is 0.991 bits per heavy atom. The zero-order chi connectivity index (χ0) is 80.4. The molecule has 3 fully saturated rings. The number of nitrogens with two attached hydrogens (primary N) is 3. The van der Waals surface area contributed by atoms with Gasteiger partial charge in [-0.15, -0.1) is 0 Å². The van der Waals surface area contributed by atoms with Crippen molar-refractivity contribution in [1.82, 2.24) is 30.2 Å². The van der Waals surface area contributed by atoms with Gasteiger partial charge in [-0.3, -0.25) is 28.9 Å². The van der Waals surface area contributed by atoms with Gasteiger partial charge in [-0.2, -0.15) is 0 Å². The van der Waals surface area contributed by atoms with Crippen LogP contribution in [0.25, 0.3) is 33.4 Å². The van der Waals surface area contributed by atoms with E-state index in [0.29, 0.717) is 101 Å². The lowest BCUT2D eigenvalue weighted by atomic mass is 9.68. The monoisotopic (exact) mass is 1540 g/mol. The fourth-order valence-corrected chi connectivity index (χ4v) is 18.0. The molecule has 6 amide bonds. The van der Waals surface area contributed by atoms with Crippen molar-refractivity contribution in [3.63, 3.8) is 0 Å². The van der Waals surface area contributed by atoms with E-state index in [1.807, 2.05) is 32.0 Å². The first-order valence-corrected chi connectivity index (χ1v) is 39.7. The highest BCUT2D eigenvalue weighted by Gasteiger charge is 2.56. The van der Waals surface area contributed by atoms with Crippen LogP contribution in [-0.2, 0) is 47.2 Å². The van der Waals surface area contributed by atoms with Crippen molar-refractivity contribution in [2.75, 3.05) is 79.6 Å². The molecule has 3 heterocycles. The Balaban J connectivity index is 1.19. The summed E-state index contributed by atoms with van der Waals surface area (Å²) in [5.41, 5.74) is 13.5. The van der Waals surface area contributed by atoms with Crippen LogP contribution < -0.4 is 27.8 Å². The number of aliphatic hydroxyl groups is 4. The molecule has 6 aromatic carbocycles. The van der Waals surface area contributed by atoms with Crippen molar-refractivity contribution < 1.29 is 71.9 Å². The highest BCUT2D eigenvalue weighted by Crippen LogP contribution is 2.51. The van der Waals surface area contributed by atoms with Crippen molar-refractivity contribution in [1.29, 1.82) is 0 Å². The van der Waals surface area contributed by atoms with Crippen LogP contribution in [0.4, 0.5) is 22.4 Å². The summed E-state index contributed by atoms with van der Waals surface area (Å²) in [7, 11) is 3.55. The molecule has 6 aromatic rings. The number of carboxylic acid groups (broad SMARTS) is 1. The molecule has 602 valence electrons. The molecule has 0 saturated carbocycles. The number of halogens is 4. The van der Waals surface area contributed by atoms with E-state index in [2.05, 4.69) is 10.6 Å². The molecule has 20 nitrogen and oxygen atoms in total. The summed E-state index contributed by atoms with van der Waals surface area (Å²) < 4.78 is 67.5. The highest BCUT2D eigenvalue weighted by atomic mass is 19.1. The van der Waals surface area contributed by atoms with E-state index in [0.717, 1.165) is 22.1 Å². The third kappa shape index (κ3) is 20.1. The van der Waals surface area contributed by atoms with Crippen LogP contribution in [0.3, 0.4) is 0 Å². The number of rotatable bonds is 38. The SMILES string of the molecule is CCc1cccc(-c2c(F)cccc2C(O)(CCCN(C(=O)O)C(CCCC(O)(c2cccc(F)c2-c2cccc(C)c2)C2CCCN(C(=O)CCCNC)C2)(C(N)=O)C(CCCC(O)(c2cccc(F)c2-c2cc(C)ccc2F)C2CCCN(C(=O)CCCNC)C2)C(N)=O)C2CCCN(C(=O)CCC(N)CO)C2)c1. The molecule has 0 aliphatic carbocycles. The molecule has 3 saturated heterocycles. The number of aryl methyl sites for hydroxylation is 3. The second kappa shape index (κ2) is 39.2. The third-order valence-electron chi connectivity index (χ3n) is 23.9. The minimum atomic E-state index is -2.71. The maximum absolute atomic E-state index is 17.1. The number of aliphatic hydroxyl groups excluding tert-OH is 1. The summed E-state index contributed by atoms with van der Waals surface area (Å²) in [6.45, 7) is 6.54. The van der Waals surface area contributed by atoms with Crippen molar-refractivity contribution in [2.24, 2.45) is 40.9 Å². The molecule has 0 bridgehead atoms. The Kier molecular flexibility index (Phi) is 30.5. The second-order valence-corrected chi connectivity index (χ2v) is 31.1. The molecule has 9 unspecified atom stereocenters. The Morgan fingerprint density at radius 1 is 0.541 bits per heavy atom. The number of carbonyl (C=O) groups excluding carboxylic acids is 5. The number of nitrogens with zero attached hydrogens (tertiary/aromatic N) is 4. The summed E-state index contributed by atoms with van der Waals surface area (Å²) in [5.74, 6) is -10.7. The normalized spacial score (nSPS) is 18.9. The van der Waals surface area contributed by atoms with E-state index < -0.39 is 113 Å². The lowest BCUT2D eigenvalue weighted by molar-refractivity contribution is -0.143. The van der Waals surface area contributed by atoms with E-state index in [9.17, 15) is 44.7 Å². The number of benzene rings is 6. The van der Waals surface area contributed by atoms with E-state index >= 15 is 27.2 Å². The van der Waals surface area contributed by atoms with Gasteiger partial charge >= 0.3 is 6.09 Å². The zero-order valence-electron chi connectivity index (χ0n) is 65.1. The third-order valence-corrected chi connectivity index (χ3v) is 23.9. The fraction of sp³-hybridized carbons (Fsp3) is 0.517. The number of carbonyl (C=O) groups is 6. The van der Waals surface area contributed by atoms with Gasteiger partial charge in [0.2, 0.25) is 29.5 Å². The second-order valence-electron chi connectivity index (χ2n) is 31.1. The zero-order valence-corrected chi connectivity index (χ0v) is 65.1. The Hall–Kier alpha value is -8.62. The molecule has 3 aliphatic heterocycles. The summed E-state index contributed by atoms with van der Waals surface area (Å²) in [5, 5.41) is 70.0. The van der Waals surface area contributed by atoms with Crippen LogP contribution in [0.2, 0.25) is 0 Å². The summed E-state index contributed by atoms with van der Waals surface area (Å²) in [4.78, 5) is 93.6. The maximum Gasteiger partial charge on any atom is 0.408 e. The van der Waals surface area contributed by atoms with E-state index in [1.54, 1.807) is 78.2 Å². The van der Waals surface area contributed by atoms with Crippen LogP contribution >= 0.6 is 0 Å². The molecule has 0 radical (unpaired) electrons. The van der Waals surface area contributed by atoms with Gasteiger partial charge in [0, 0.05) is 111 Å². The first-order chi connectivity index (χ1) is 53.1. The molecular formula is C87H115F4N9O11. The van der Waals surface area contributed by atoms with Crippen LogP contribution in [-0.4, -0.2) is 172 Å². The molecule has 24 heteroatoms. The van der Waals surface area contributed by atoms with E-state index in [1.165, 1.54) is 54.6 Å². The molecule has 9 atom stereocenters. The number of primary amides is 2. The van der Waals surface area contributed by atoms with Crippen LogP contribution in [0, 0.1) is 60.8 Å². The number of hydrogen-bond donors (Lipinski definition) is 10. The topological polar surface area (TPSA) is 319 Å². The Bertz CT molecular complexity index is 4210. The van der Waals surface area contributed by atoms with Gasteiger partial charge in [0.25, 0.3) is 0 Å². The number of likely N-dealkylation sites (tertiary alicyclic amines) is 3. The average molecular weight is 1540 g/mol. The fourth-order valence-electron chi connectivity index (χ4n) is 18.0. The number of amides is 6. The van der Waals surface area contributed by atoms with Crippen LogP contribution in [0.5, 0.6) is 0 Å². The first-order valence-electron chi connectivity index (χ1n) is 39.7. The van der Waals surface area contributed by atoms with Crippen molar-refractivity contribution in [3.8, 4) is 33.4 Å². The van der Waals surface area contributed by atoms with Crippen molar-refractivity contribution in [3.05, 3.63) is 178 Å².